The van der Waals surface area contributed by atoms with Crippen LogP contribution in [-0.2, 0) is 25.6 Å². The van der Waals surface area contributed by atoms with Crippen molar-refractivity contribution in [3.05, 3.63) is 53.1 Å². The Bertz CT molecular complexity index is 1580. The van der Waals surface area contributed by atoms with Gasteiger partial charge in [0.15, 0.2) is 34.5 Å². The third-order valence-electron chi connectivity index (χ3n) is 8.84. The lowest BCUT2D eigenvalue weighted by molar-refractivity contribution is -0.166. The van der Waals surface area contributed by atoms with Crippen molar-refractivity contribution >= 4 is 29.0 Å². The maximum absolute atomic E-state index is 14.3. The molecule has 7 N–H and O–H groups in total. The number of amides is 1. The maximum atomic E-state index is 14.3. The van der Waals surface area contributed by atoms with Crippen molar-refractivity contribution in [3.63, 3.8) is 0 Å². The van der Waals surface area contributed by atoms with E-state index >= 15 is 0 Å². The van der Waals surface area contributed by atoms with Crippen LogP contribution >= 0.6 is 0 Å². The number of carbonyl (C=O) groups excluding carboxylic acids is 5. The number of benzene rings is 2. The molecule has 0 radical (unpaired) electrons. The van der Waals surface area contributed by atoms with Gasteiger partial charge in [0, 0.05) is 5.54 Å². The Morgan fingerprint density at radius 1 is 1.05 bits per heavy atom. The zero-order valence-electron chi connectivity index (χ0n) is 22.2. The molecule has 1 amide bonds. The maximum Gasteiger partial charge on any atom is 0.235 e. The monoisotopic (exact) mass is 543 g/mol. The normalized spacial score (nSPS) is 33.2. The minimum absolute atomic E-state index is 0.121. The topological polar surface area (TPSA) is 211 Å². The number of fused-ring (bicyclic) bond motifs is 3. The van der Waals surface area contributed by atoms with Crippen molar-refractivity contribution in [2.24, 2.45) is 34.5 Å². The summed E-state index contributed by atoms with van der Waals surface area (Å²) in [6.45, 7) is 1.92. The van der Waals surface area contributed by atoms with Crippen LogP contribution in [0.3, 0.4) is 0 Å². The molecule has 0 heterocycles. The second kappa shape index (κ2) is 8.63. The highest BCUT2D eigenvalue weighted by atomic mass is 16.3. The molecule has 2 fully saturated rings. The van der Waals surface area contributed by atoms with Crippen molar-refractivity contribution in [2.45, 2.75) is 36.9 Å². The number of aryl methyl sites for hydroxylation is 1. The van der Waals surface area contributed by atoms with Crippen molar-refractivity contribution < 1.29 is 29.1 Å². The minimum Gasteiger partial charge on any atom is -0.507 e. The summed E-state index contributed by atoms with van der Waals surface area (Å²) in [6, 6.07) is 10.7. The second-order valence-corrected chi connectivity index (χ2v) is 11.5. The van der Waals surface area contributed by atoms with Crippen LogP contribution in [0.15, 0.2) is 36.4 Å². The van der Waals surface area contributed by atoms with Crippen molar-refractivity contribution in [3.8, 4) is 22.9 Å². The van der Waals surface area contributed by atoms with Crippen LogP contribution in [0.5, 0.6) is 5.75 Å². The van der Waals surface area contributed by atoms with Gasteiger partial charge in [-0.3, -0.25) is 28.9 Å². The first kappa shape index (κ1) is 27.3. The van der Waals surface area contributed by atoms with E-state index in [0.717, 1.165) is 11.1 Å². The number of likely N-dealkylation sites (N-methyl/N-ethyl adjacent to an activating group) is 1. The van der Waals surface area contributed by atoms with Gasteiger partial charge >= 0.3 is 0 Å². The number of nitrogens with zero attached hydrogens (tertiary/aromatic N) is 2. The molecule has 3 aliphatic carbocycles. The molecule has 2 aromatic rings. The van der Waals surface area contributed by atoms with Gasteiger partial charge in [0.25, 0.3) is 0 Å². The van der Waals surface area contributed by atoms with Gasteiger partial charge in [0.2, 0.25) is 5.91 Å². The summed E-state index contributed by atoms with van der Waals surface area (Å²) >= 11 is 0. The number of hydrogen-bond donors (Lipinski definition) is 4. The molecule has 0 bridgehead atoms. The molecule has 3 aliphatic rings. The van der Waals surface area contributed by atoms with Crippen LogP contribution in [0.1, 0.15) is 27.9 Å². The highest BCUT2D eigenvalue weighted by Crippen LogP contribution is 2.56. The lowest BCUT2D eigenvalue weighted by Gasteiger charge is -2.60. The Hall–Kier alpha value is -4.24. The van der Waals surface area contributed by atoms with E-state index in [1.807, 2.05) is 31.2 Å². The van der Waals surface area contributed by atoms with Crippen LogP contribution in [0.25, 0.3) is 11.1 Å². The molecule has 11 heteroatoms. The SMILES string of the molecule is Cc1ccc(-c2ccc(O)c3c2C[C@@]2(N)C[C@@]4(N)[C@H](N(C)C)C(=O)C(C(N)=O)C(=O)[C@@]4(C#N)C(=O)C2C3=O)cc1. The molecule has 0 saturated heterocycles. The zero-order valence-corrected chi connectivity index (χ0v) is 22.2. The fraction of sp³-hybridized carbons (Fsp3) is 0.379. The van der Waals surface area contributed by atoms with Crippen molar-refractivity contribution in [1.82, 2.24) is 4.90 Å². The molecule has 2 unspecified atom stereocenters. The summed E-state index contributed by atoms with van der Waals surface area (Å²) in [5, 5.41) is 21.2. The molecular formula is C29H29N5O6. The zero-order chi connectivity index (χ0) is 29.5. The van der Waals surface area contributed by atoms with Gasteiger partial charge in [-0.1, -0.05) is 35.9 Å². The number of hydrogen-bond acceptors (Lipinski definition) is 10. The average Bonchev–Trinajstić information content (AvgIpc) is 2.83. The van der Waals surface area contributed by atoms with Gasteiger partial charge in [-0.2, -0.15) is 5.26 Å². The highest BCUT2D eigenvalue weighted by molar-refractivity contribution is 6.33. The number of rotatable bonds is 3. The van der Waals surface area contributed by atoms with Crippen LogP contribution in [0, 0.1) is 35.5 Å². The van der Waals surface area contributed by atoms with Gasteiger partial charge in [-0.25, -0.2) is 0 Å². The lowest BCUT2D eigenvalue weighted by Crippen LogP contribution is -2.85. The van der Waals surface area contributed by atoms with E-state index in [1.54, 1.807) is 12.1 Å². The fourth-order valence-electron chi connectivity index (χ4n) is 7.21. The van der Waals surface area contributed by atoms with E-state index in [1.165, 1.54) is 25.1 Å². The number of nitrogens with two attached hydrogens (primary N) is 3. The Balaban J connectivity index is 1.78. The summed E-state index contributed by atoms with van der Waals surface area (Å²) in [5.41, 5.74) is 15.0. The van der Waals surface area contributed by atoms with Gasteiger partial charge in [-0.05, 0) is 56.6 Å². The molecule has 0 spiro atoms. The number of aromatic hydroxyl groups is 1. The third-order valence-corrected chi connectivity index (χ3v) is 8.84. The van der Waals surface area contributed by atoms with Crippen molar-refractivity contribution in [2.75, 3.05) is 14.1 Å². The number of carbonyl (C=O) groups is 5. The summed E-state index contributed by atoms with van der Waals surface area (Å²) in [6.07, 6.45) is -0.575. The first-order valence-electron chi connectivity index (χ1n) is 12.7. The Labute approximate surface area is 229 Å². The molecular weight excluding hydrogens is 514 g/mol. The summed E-state index contributed by atoms with van der Waals surface area (Å²) in [4.78, 5) is 69.2. The first-order valence-corrected chi connectivity index (χ1v) is 12.7. The molecule has 40 heavy (non-hydrogen) atoms. The molecule has 2 aromatic carbocycles. The number of Topliss-reactive ketones (excluding diaryl/α,β-unsaturated/α-hetero) is 4. The number of nitriles is 1. The number of primary amides is 1. The largest absolute Gasteiger partial charge is 0.507 e. The summed E-state index contributed by atoms with van der Waals surface area (Å²) in [5.74, 6) is -9.91. The lowest BCUT2D eigenvalue weighted by atomic mass is 9.42. The quantitative estimate of drug-likeness (QED) is 0.374. The van der Waals surface area contributed by atoms with Gasteiger partial charge in [0.1, 0.15) is 11.7 Å². The minimum atomic E-state index is -2.76. The smallest absolute Gasteiger partial charge is 0.235 e. The third kappa shape index (κ3) is 3.24. The molecule has 206 valence electrons. The van der Waals surface area contributed by atoms with E-state index in [9.17, 15) is 34.3 Å². The predicted octanol–water partition coefficient (Wildman–Crippen LogP) is -0.216. The van der Waals surface area contributed by atoms with Gasteiger partial charge < -0.3 is 22.3 Å². The standard InChI is InChI=1S/C29H29N5O6/c1-13-4-6-14(7-5-13)15-8-9-17(35)18-16(15)10-27(32)11-29(33)23(34(2)3)22(37)19(26(31)40)24(38)28(29,12-30)25(39)20(27)21(18)36/h4-9,19-20,23,35H,10-11,32-33H2,1-3H3,(H2,31,40)/t19?,20?,23-,27-,28+,29-/m1/s1. The first-order chi connectivity index (χ1) is 18.7. The Morgan fingerprint density at radius 2 is 1.68 bits per heavy atom. The molecule has 0 aromatic heterocycles. The molecule has 5 rings (SSSR count). The highest BCUT2D eigenvalue weighted by Gasteiger charge is 2.78. The Kier molecular flexibility index (Phi) is 5.90. The van der Waals surface area contributed by atoms with Crippen molar-refractivity contribution in [1.29, 1.82) is 5.26 Å². The fourth-order valence-corrected chi connectivity index (χ4v) is 7.21. The number of phenols is 1. The van der Waals surface area contributed by atoms with Crippen LogP contribution in [0.2, 0.25) is 0 Å². The van der Waals surface area contributed by atoms with Gasteiger partial charge in [0.05, 0.1) is 23.2 Å². The number of phenolic OH excluding ortho intramolecular Hbond substituents is 1. The van der Waals surface area contributed by atoms with E-state index in [4.69, 9.17) is 17.2 Å². The van der Waals surface area contributed by atoms with Crippen LogP contribution in [0.4, 0.5) is 0 Å². The molecule has 6 atom stereocenters. The van der Waals surface area contributed by atoms with E-state index in [-0.39, 0.29) is 17.7 Å². The summed E-state index contributed by atoms with van der Waals surface area (Å²) in [7, 11) is 2.92. The van der Waals surface area contributed by atoms with E-state index < -0.39 is 69.8 Å². The van der Waals surface area contributed by atoms with Crippen LogP contribution in [-0.4, -0.2) is 70.3 Å². The second-order valence-electron chi connectivity index (χ2n) is 11.5. The molecule has 2 saturated carbocycles. The van der Waals surface area contributed by atoms with E-state index in [2.05, 4.69) is 0 Å². The molecule has 0 aliphatic heterocycles. The van der Waals surface area contributed by atoms with E-state index in [0.29, 0.717) is 11.1 Å². The Morgan fingerprint density at radius 3 is 2.23 bits per heavy atom. The summed E-state index contributed by atoms with van der Waals surface area (Å²) < 4.78 is 0. The van der Waals surface area contributed by atoms with Gasteiger partial charge in [-0.15, -0.1) is 0 Å². The molecule has 11 nitrogen and oxygen atoms in total. The average molecular weight is 544 g/mol. The predicted molar refractivity (Wildman–Crippen MR) is 141 cm³/mol. The number of ketones is 4. The van der Waals surface area contributed by atoms with Crippen LogP contribution < -0.4 is 17.2 Å².